The van der Waals surface area contributed by atoms with Crippen LogP contribution < -0.4 is 5.32 Å². The predicted octanol–water partition coefficient (Wildman–Crippen LogP) is 5.53. The number of nitrogens with zero attached hydrogens (tertiary/aromatic N) is 3. The zero-order valence-corrected chi connectivity index (χ0v) is 20.3. The van der Waals surface area contributed by atoms with Crippen molar-refractivity contribution in [3.63, 3.8) is 0 Å². The van der Waals surface area contributed by atoms with Gasteiger partial charge in [-0.3, -0.25) is 4.90 Å². The van der Waals surface area contributed by atoms with Crippen LogP contribution in [-0.2, 0) is 5.41 Å². The van der Waals surface area contributed by atoms with E-state index in [-0.39, 0.29) is 0 Å². The van der Waals surface area contributed by atoms with Crippen LogP contribution in [0.1, 0.15) is 67.9 Å². The number of fused-ring (bicyclic) bond motifs is 3. The van der Waals surface area contributed by atoms with Crippen LogP contribution >= 0.6 is 0 Å². The maximum Gasteiger partial charge on any atom is 0.106 e. The van der Waals surface area contributed by atoms with Gasteiger partial charge in [0, 0.05) is 18.1 Å². The van der Waals surface area contributed by atoms with E-state index < -0.39 is 0 Å². The largest absolute Gasteiger partial charge is 0.325 e. The molecular weight excluding hydrogens is 404 g/mol. The maximum absolute atomic E-state index is 4.87. The molecule has 4 heterocycles. The third kappa shape index (κ3) is 3.81. The van der Waals surface area contributed by atoms with Gasteiger partial charge in [0.05, 0.1) is 11.0 Å². The monoisotopic (exact) mass is 442 g/mol. The number of rotatable bonds is 5. The number of aryl methyl sites for hydroxylation is 2. The highest BCUT2D eigenvalue weighted by Gasteiger charge is 2.43. The van der Waals surface area contributed by atoms with Crippen molar-refractivity contribution in [3.8, 4) is 0 Å². The zero-order valence-electron chi connectivity index (χ0n) is 20.3. The molecule has 4 heteroatoms. The van der Waals surface area contributed by atoms with E-state index in [9.17, 15) is 0 Å². The Kier molecular flexibility index (Phi) is 5.54. The summed E-state index contributed by atoms with van der Waals surface area (Å²) in [5.41, 5.74) is 5.74. The van der Waals surface area contributed by atoms with Gasteiger partial charge in [0.25, 0.3) is 0 Å². The summed E-state index contributed by atoms with van der Waals surface area (Å²) in [7, 11) is 0. The van der Waals surface area contributed by atoms with E-state index >= 15 is 0 Å². The fourth-order valence-corrected chi connectivity index (χ4v) is 7.29. The minimum Gasteiger partial charge on any atom is -0.325 e. The van der Waals surface area contributed by atoms with Crippen LogP contribution in [0.3, 0.4) is 0 Å². The van der Waals surface area contributed by atoms with Crippen molar-refractivity contribution >= 4 is 11.0 Å². The van der Waals surface area contributed by atoms with Gasteiger partial charge in [-0.25, -0.2) is 4.98 Å². The lowest BCUT2D eigenvalue weighted by Gasteiger charge is -2.44. The highest BCUT2D eigenvalue weighted by Crippen LogP contribution is 2.44. The summed E-state index contributed by atoms with van der Waals surface area (Å²) in [5, 5.41) is 3.61. The Labute approximate surface area is 198 Å². The highest BCUT2D eigenvalue weighted by atomic mass is 15.2. The summed E-state index contributed by atoms with van der Waals surface area (Å²) in [6, 6.07) is 20.2. The van der Waals surface area contributed by atoms with Crippen LogP contribution in [0.15, 0.2) is 48.5 Å². The number of aromatic nitrogens is 2. The molecule has 0 amide bonds. The number of nitrogens with one attached hydrogen (secondary N) is 1. The van der Waals surface area contributed by atoms with Gasteiger partial charge in [0.2, 0.25) is 0 Å². The number of imidazole rings is 1. The van der Waals surface area contributed by atoms with Gasteiger partial charge in [-0.15, -0.1) is 0 Å². The van der Waals surface area contributed by atoms with E-state index in [4.69, 9.17) is 4.98 Å². The van der Waals surface area contributed by atoms with Crippen LogP contribution in [-0.4, -0.2) is 46.2 Å². The van der Waals surface area contributed by atoms with Gasteiger partial charge >= 0.3 is 0 Å². The first-order chi connectivity index (χ1) is 16.1. The van der Waals surface area contributed by atoms with Crippen LogP contribution in [0, 0.1) is 13.8 Å². The molecule has 3 aromatic rings. The van der Waals surface area contributed by atoms with Gasteiger partial charge in [-0.05, 0) is 102 Å². The first-order valence-electron chi connectivity index (χ1n) is 13.1. The zero-order chi connectivity index (χ0) is 22.4. The fraction of sp³-hybridized carbons (Fsp3) is 0.552. The molecule has 174 valence electrons. The minimum absolute atomic E-state index is 0.340. The van der Waals surface area contributed by atoms with Crippen molar-refractivity contribution in [2.24, 2.45) is 0 Å². The average molecular weight is 443 g/mol. The Morgan fingerprint density at radius 1 is 0.909 bits per heavy atom. The molecule has 3 fully saturated rings. The molecule has 4 nitrogen and oxygen atoms in total. The minimum atomic E-state index is 0.340. The molecule has 3 aliphatic rings. The molecule has 0 unspecified atom stereocenters. The van der Waals surface area contributed by atoms with Gasteiger partial charge < -0.3 is 9.88 Å². The molecule has 1 aromatic heterocycles. The Bertz CT molecular complexity index is 1090. The third-order valence-corrected chi connectivity index (χ3v) is 9.07. The second-order valence-electron chi connectivity index (χ2n) is 10.9. The summed E-state index contributed by atoms with van der Waals surface area (Å²) in [5.74, 6) is 1.18. The summed E-state index contributed by atoms with van der Waals surface area (Å²) in [6.45, 7) is 7.94. The van der Waals surface area contributed by atoms with Crippen molar-refractivity contribution in [1.82, 2.24) is 19.8 Å². The average Bonchev–Trinajstić information content (AvgIpc) is 3.29. The Morgan fingerprint density at radius 2 is 1.61 bits per heavy atom. The van der Waals surface area contributed by atoms with E-state index in [1.165, 1.54) is 68.4 Å². The lowest BCUT2D eigenvalue weighted by molar-refractivity contribution is 0.0929. The summed E-state index contributed by atoms with van der Waals surface area (Å²) in [4.78, 5) is 7.77. The quantitative estimate of drug-likeness (QED) is 0.564. The molecule has 0 radical (unpaired) electrons. The van der Waals surface area contributed by atoms with Crippen LogP contribution in [0.25, 0.3) is 11.0 Å². The molecule has 2 bridgehead atoms. The summed E-state index contributed by atoms with van der Waals surface area (Å²) in [6.07, 6.45) is 9.11. The second kappa shape index (κ2) is 8.56. The summed E-state index contributed by atoms with van der Waals surface area (Å²) >= 11 is 0. The Morgan fingerprint density at radius 3 is 2.33 bits per heavy atom. The van der Waals surface area contributed by atoms with E-state index in [1.54, 1.807) is 5.56 Å². The van der Waals surface area contributed by atoms with Crippen LogP contribution in [0.2, 0.25) is 0 Å². The van der Waals surface area contributed by atoms with Crippen LogP contribution in [0.5, 0.6) is 0 Å². The van der Waals surface area contributed by atoms with Gasteiger partial charge in [0.15, 0.2) is 0 Å². The molecule has 0 saturated carbocycles. The number of piperidine rings is 2. The third-order valence-electron chi connectivity index (χ3n) is 9.07. The maximum atomic E-state index is 4.87. The number of benzene rings is 2. The van der Waals surface area contributed by atoms with Gasteiger partial charge in [-0.1, -0.05) is 42.0 Å². The van der Waals surface area contributed by atoms with E-state index in [2.05, 4.69) is 77.2 Å². The predicted molar refractivity (Wildman–Crippen MR) is 136 cm³/mol. The molecule has 3 atom stereocenters. The molecule has 6 rings (SSSR count). The lowest BCUT2D eigenvalue weighted by atomic mass is 9.70. The van der Waals surface area contributed by atoms with Crippen molar-refractivity contribution in [1.29, 1.82) is 0 Å². The second-order valence-corrected chi connectivity index (χ2v) is 10.9. The number of para-hydroxylation sites is 2. The first-order valence-corrected chi connectivity index (χ1v) is 13.1. The Hall–Kier alpha value is -2.17. The van der Waals surface area contributed by atoms with Crippen molar-refractivity contribution in [2.45, 2.75) is 82.3 Å². The molecule has 1 N–H and O–H groups in total. The Balaban J connectivity index is 1.20. The molecule has 3 aliphatic heterocycles. The van der Waals surface area contributed by atoms with E-state index in [0.717, 1.165) is 30.7 Å². The fourth-order valence-electron chi connectivity index (χ4n) is 7.29. The molecule has 2 aromatic carbocycles. The normalized spacial score (nSPS) is 27.3. The molecule has 0 aliphatic carbocycles. The topological polar surface area (TPSA) is 33.1 Å². The number of hydrogen-bond donors (Lipinski definition) is 1. The van der Waals surface area contributed by atoms with E-state index in [0.29, 0.717) is 11.5 Å². The first kappa shape index (κ1) is 21.4. The molecule has 0 spiro atoms. The van der Waals surface area contributed by atoms with E-state index in [1.807, 2.05) is 0 Å². The smallest absolute Gasteiger partial charge is 0.106 e. The van der Waals surface area contributed by atoms with Crippen molar-refractivity contribution in [2.75, 3.05) is 19.6 Å². The van der Waals surface area contributed by atoms with Gasteiger partial charge in [-0.2, -0.15) is 0 Å². The van der Waals surface area contributed by atoms with Crippen molar-refractivity contribution in [3.05, 3.63) is 65.5 Å². The van der Waals surface area contributed by atoms with Crippen LogP contribution in [0.4, 0.5) is 0 Å². The highest BCUT2D eigenvalue weighted by molar-refractivity contribution is 5.76. The molecule has 33 heavy (non-hydrogen) atoms. The lowest BCUT2D eigenvalue weighted by Crippen LogP contribution is -2.47. The van der Waals surface area contributed by atoms with Crippen molar-refractivity contribution < 1.29 is 0 Å². The standard InChI is InChI=1S/C29H38N4/c1-21-7-9-23(10-8-21)29(13-16-30-17-14-29)15-18-32-24-11-12-25(32)20-26(19-24)33-22(2)31-27-5-3-4-6-28(27)33/h3-10,24-26,30H,11-20H2,1-2H3/t24-,25+,26+. The summed E-state index contributed by atoms with van der Waals surface area (Å²) < 4.78 is 2.55. The van der Waals surface area contributed by atoms with Gasteiger partial charge in [0.1, 0.15) is 5.82 Å². The SMILES string of the molecule is Cc1ccc(C2(CCN3[C@@H]4CC[C@H]3C[C@@H](n3c(C)nc5ccccc53)C4)CCNCC2)cc1. The molecule has 3 saturated heterocycles. The number of hydrogen-bond acceptors (Lipinski definition) is 3. The molecular formula is C29H38N4.